The van der Waals surface area contributed by atoms with Crippen LogP contribution in [0.3, 0.4) is 0 Å². The van der Waals surface area contributed by atoms with Gasteiger partial charge in [-0.15, -0.1) is 0 Å². The number of nitrogens with zero attached hydrogens (tertiary/aromatic N) is 2. The van der Waals surface area contributed by atoms with Crippen molar-refractivity contribution in [3.63, 3.8) is 0 Å². The van der Waals surface area contributed by atoms with Gasteiger partial charge < -0.3 is 10.2 Å². The lowest BCUT2D eigenvalue weighted by molar-refractivity contribution is -0.136. The molecule has 1 N–H and O–H groups in total. The van der Waals surface area contributed by atoms with Crippen LogP contribution in [0.1, 0.15) is 19.8 Å². The Kier molecular flexibility index (Phi) is 3.09. The van der Waals surface area contributed by atoms with E-state index in [1.165, 1.54) is 12.8 Å². The molecule has 4 nitrogen and oxygen atoms in total. The van der Waals surface area contributed by atoms with Gasteiger partial charge in [-0.05, 0) is 37.8 Å². The van der Waals surface area contributed by atoms with E-state index in [0.29, 0.717) is 18.5 Å². The van der Waals surface area contributed by atoms with E-state index in [0.717, 1.165) is 44.6 Å². The summed E-state index contributed by atoms with van der Waals surface area (Å²) in [7, 11) is 0. The lowest BCUT2D eigenvalue weighted by atomic mass is 9.93. The minimum atomic E-state index is 0.350. The Bertz CT molecular complexity index is 303. The highest BCUT2D eigenvalue weighted by Crippen LogP contribution is 2.34. The lowest BCUT2D eigenvalue weighted by Gasteiger charge is -2.34. The molecule has 3 atom stereocenters. The van der Waals surface area contributed by atoms with Crippen LogP contribution in [-0.2, 0) is 4.79 Å². The third-order valence-corrected chi connectivity index (χ3v) is 4.79. The largest absolute Gasteiger partial charge is 0.341 e. The number of carbonyl (C=O) groups is 1. The first-order valence-electron chi connectivity index (χ1n) is 7.02. The molecule has 3 fully saturated rings. The zero-order valence-electron chi connectivity index (χ0n) is 10.7. The van der Waals surface area contributed by atoms with E-state index in [4.69, 9.17) is 0 Å². The van der Waals surface area contributed by atoms with Crippen LogP contribution in [0.15, 0.2) is 0 Å². The van der Waals surface area contributed by atoms with Gasteiger partial charge in [0.2, 0.25) is 5.91 Å². The van der Waals surface area contributed by atoms with Crippen molar-refractivity contribution >= 4 is 5.91 Å². The van der Waals surface area contributed by atoms with Gasteiger partial charge in [0.25, 0.3) is 0 Å². The molecule has 17 heavy (non-hydrogen) atoms. The van der Waals surface area contributed by atoms with Crippen LogP contribution >= 0.6 is 0 Å². The fourth-order valence-electron chi connectivity index (χ4n) is 3.69. The van der Waals surface area contributed by atoms with E-state index in [2.05, 4.69) is 17.1 Å². The quantitative estimate of drug-likeness (QED) is 0.759. The molecule has 3 aliphatic heterocycles. The van der Waals surface area contributed by atoms with Gasteiger partial charge in [-0.2, -0.15) is 0 Å². The van der Waals surface area contributed by atoms with Gasteiger partial charge in [-0.25, -0.2) is 0 Å². The zero-order chi connectivity index (χ0) is 11.8. The van der Waals surface area contributed by atoms with Crippen LogP contribution in [0, 0.1) is 11.8 Å². The van der Waals surface area contributed by atoms with Crippen LogP contribution in [0.25, 0.3) is 0 Å². The summed E-state index contributed by atoms with van der Waals surface area (Å²) in [5, 5.41) is 3.49. The fourth-order valence-corrected chi connectivity index (χ4v) is 3.69. The Hall–Kier alpha value is -0.610. The molecule has 3 heterocycles. The molecule has 0 aliphatic carbocycles. The first-order valence-corrected chi connectivity index (χ1v) is 7.02. The molecule has 4 heteroatoms. The molecule has 3 saturated heterocycles. The highest BCUT2D eigenvalue weighted by Gasteiger charge is 2.43. The highest BCUT2D eigenvalue weighted by atomic mass is 16.2. The van der Waals surface area contributed by atoms with E-state index in [1.54, 1.807) is 0 Å². The zero-order valence-corrected chi connectivity index (χ0v) is 10.7. The van der Waals surface area contributed by atoms with Crippen LogP contribution < -0.4 is 5.32 Å². The molecule has 0 radical (unpaired) electrons. The molecule has 3 rings (SSSR count). The first-order chi connectivity index (χ1) is 8.29. The van der Waals surface area contributed by atoms with Gasteiger partial charge in [0, 0.05) is 25.7 Å². The van der Waals surface area contributed by atoms with Crippen LogP contribution in [0.2, 0.25) is 0 Å². The van der Waals surface area contributed by atoms with Crippen LogP contribution in [0.5, 0.6) is 0 Å². The normalized spacial score (nSPS) is 37.0. The number of fused-ring (bicyclic) bond motifs is 1. The van der Waals surface area contributed by atoms with E-state index in [-0.39, 0.29) is 0 Å². The summed E-state index contributed by atoms with van der Waals surface area (Å²) >= 11 is 0. The fraction of sp³-hybridized carbons (Fsp3) is 0.923. The Morgan fingerprint density at radius 1 is 1.35 bits per heavy atom. The number of hydrogen-bond acceptors (Lipinski definition) is 3. The van der Waals surface area contributed by atoms with Gasteiger partial charge in [0.1, 0.15) is 0 Å². The van der Waals surface area contributed by atoms with E-state index in [9.17, 15) is 4.79 Å². The van der Waals surface area contributed by atoms with Crippen molar-refractivity contribution in [3.05, 3.63) is 0 Å². The summed E-state index contributed by atoms with van der Waals surface area (Å²) in [4.78, 5) is 16.5. The second-order valence-electron chi connectivity index (χ2n) is 5.72. The third kappa shape index (κ3) is 1.97. The minimum absolute atomic E-state index is 0.350. The second kappa shape index (κ2) is 4.58. The summed E-state index contributed by atoms with van der Waals surface area (Å²) in [5.41, 5.74) is 0. The lowest BCUT2D eigenvalue weighted by Crippen LogP contribution is -2.48. The van der Waals surface area contributed by atoms with Gasteiger partial charge in [0.05, 0.1) is 6.54 Å². The molecule has 0 saturated carbocycles. The number of carbonyl (C=O) groups excluding carboxylic acids is 1. The molecule has 0 aromatic carbocycles. The average Bonchev–Trinajstić information content (AvgIpc) is 2.74. The van der Waals surface area contributed by atoms with Crippen molar-refractivity contribution in [1.82, 2.24) is 15.1 Å². The topological polar surface area (TPSA) is 35.6 Å². The van der Waals surface area contributed by atoms with Crippen molar-refractivity contribution < 1.29 is 4.79 Å². The SMILES string of the molecule is CCC1C2CNCC2CN1CC(=O)N1CCC1. The predicted molar refractivity (Wildman–Crippen MR) is 66.7 cm³/mol. The molecule has 96 valence electrons. The van der Waals surface area contributed by atoms with Crippen molar-refractivity contribution in [2.75, 3.05) is 39.3 Å². The second-order valence-corrected chi connectivity index (χ2v) is 5.72. The molecular weight excluding hydrogens is 214 g/mol. The Balaban J connectivity index is 1.60. The number of rotatable bonds is 3. The smallest absolute Gasteiger partial charge is 0.236 e. The van der Waals surface area contributed by atoms with Gasteiger partial charge >= 0.3 is 0 Å². The van der Waals surface area contributed by atoms with Gasteiger partial charge in [-0.3, -0.25) is 9.69 Å². The number of amides is 1. The summed E-state index contributed by atoms with van der Waals surface area (Å²) in [6.07, 6.45) is 2.37. The molecule has 0 aromatic heterocycles. The predicted octanol–water partition coefficient (Wildman–Crippen LogP) is 0.149. The molecule has 0 aromatic rings. The van der Waals surface area contributed by atoms with Crippen molar-refractivity contribution in [2.24, 2.45) is 11.8 Å². The standard InChI is InChI=1S/C13H23N3O/c1-2-12-11-7-14-6-10(11)8-16(12)9-13(17)15-4-3-5-15/h10-12,14H,2-9H2,1H3. The maximum absolute atomic E-state index is 12.0. The summed E-state index contributed by atoms with van der Waals surface area (Å²) in [6, 6.07) is 0.625. The minimum Gasteiger partial charge on any atom is -0.341 e. The first kappa shape index (κ1) is 11.5. The van der Waals surface area contributed by atoms with E-state index < -0.39 is 0 Å². The number of hydrogen-bond donors (Lipinski definition) is 1. The van der Waals surface area contributed by atoms with Crippen LogP contribution in [-0.4, -0.2) is 61.0 Å². The molecule has 3 unspecified atom stereocenters. The Morgan fingerprint density at radius 3 is 2.82 bits per heavy atom. The maximum atomic E-state index is 12.0. The Morgan fingerprint density at radius 2 is 2.18 bits per heavy atom. The average molecular weight is 237 g/mol. The number of nitrogens with one attached hydrogen (secondary N) is 1. The maximum Gasteiger partial charge on any atom is 0.236 e. The molecule has 3 aliphatic rings. The van der Waals surface area contributed by atoms with Gasteiger partial charge in [0.15, 0.2) is 0 Å². The summed E-state index contributed by atoms with van der Waals surface area (Å²) < 4.78 is 0. The van der Waals surface area contributed by atoms with Crippen molar-refractivity contribution in [1.29, 1.82) is 0 Å². The number of likely N-dealkylation sites (tertiary alicyclic amines) is 2. The van der Waals surface area contributed by atoms with E-state index >= 15 is 0 Å². The van der Waals surface area contributed by atoms with E-state index in [1.807, 2.05) is 4.90 Å². The monoisotopic (exact) mass is 237 g/mol. The van der Waals surface area contributed by atoms with Crippen LogP contribution in [0.4, 0.5) is 0 Å². The summed E-state index contributed by atoms with van der Waals surface area (Å²) in [6.45, 7) is 8.30. The molecular formula is C13H23N3O. The molecule has 0 bridgehead atoms. The Labute approximate surface area is 103 Å². The third-order valence-electron chi connectivity index (χ3n) is 4.79. The molecule has 0 spiro atoms. The molecule has 1 amide bonds. The highest BCUT2D eigenvalue weighted by molar-refractivity contribution is 5.79. The summed E-state index contributed by atoms with van der Waals surface area (Å²) in [5.74, 6) is 1.91. The van der Waals surface area contributed by atoms with Crippen molar-refractivity contribution in [3.8, 4) is 0 Å². The van der Waals surface area contributed by atoms with Gasteiger partial charge in [-0.1, -0.05) is 6.92 Å². The van der Waals surface area contributed by atoms with Crippen molar-refractivity contribution in [2.45, 2.75) is 25.8 Å².